The van der Waals surface area contributed by atoms with Gasteiger partial charge in [0, 0.05) is 5.41 Å². The van der Waals surface area contributed by atoms with Gasteiger partial charge in [-0.05, 0) is 42.5 Å². The van der Waals surface area contributed by atoms with Crippen molar-refractivity contribution in [3.8, 4) is 17.2 Å². The predicted octanol–water partition coefficient (Wildman–Crippen LogP) is 2.91. The van der Waals surface area contributed by atoms with Crippen LogP contribution in [0.25, 0.3) is 0 Å². The average molecular weight is 358 g/mol. The highest BCUT2D eigenvalue weighted by Gasteiger charge is 2.66. The molecule has 1 N–H and O–H groups in total. The Hall–Kier alpha value is -2.31. The third kappa shape index (κ3) is 2.09. The van der Waals surface area contributed by atoms with Crippen molar-refractivity contribution in [1.82, 2.24) is 0 Å². The molecule has 2 aliphatic heterocycles. The van der Waals surface area contributed by atoms with E-state index in [2.05, 4.69) is 6.58 Å². The van der Waals surface area contributed by atoms with Crippen molar-refractivity contribution in [2.75, 3.05) is 13.9 Å². The van der Waals surface area contributed by atoms with Crippen LogP contribution in [0.2, 0.25) is 0 Å². The highest BCUT2D eigenvalue weighted by molar-refractivity contribution is 5.97. The third-order valence-electron chi connectivity index (χ3n) is 5.90. The van der Waals surface area contributed by atoms with Crippen LogP contribution in [0, 0.1) is 11.3 Å². The van der Waals surface area contributed by atoms with E-state index >= 15 is 0 Å². The van der Waals surface area contributed by atoms with Crippen molar-refractivity contribution < 1.29 is 28.8 Å². The minimum Gasteiger partial charge on any atom is -0.493 e. The minimum absolute atomic E-state index is 0.128. The molecule has 0 spiro atoms. The van der Waals surface area contributed by atoms with Gasteiger partial charge in [-0.2, -0.15) is 0 Å². The van der Waals surface area contributed by atoms with E-state index in [1.54, 1.807) is 13.2 Å². The molecule has 0 amide bonds. The minimum atomic E-state index is -1.87. The van der Waals surface area contributed by atoms with Gasteiger partial charge in [0.15, 0.2) is 11.5 Å². The van der Waals surface area contributed by atoms with Crippen molar-refractivity contribution in [2.24, 2.45) is 11.3 Å². The molecule has 3 aliphatic rings. The number of ether oxygens (including phenoxy) is 4. The number of hydrogen-bond donors (Lipinski definition) is 1. The van der Waals surface area contributed by atoms with E-state index in [0.29, 0.717) is 30.1 Å². The summed E-state index contributed by atoms with van der Waals surface area (Å²) < 4.78 is 22.4. The zero-order valence-corrected chi connectivity index (χ0v) is 14.9. The van der Waals surface area contributed by atoms with E-state index in [0.717, 1.165) is 5.56 Å². The summed E-state index contributed by atoms with van der Waals surface area (Å²) in [5.74, 6) is -0.772. The molecule has 4 atom stereocenters. The van der Waals surface area contributed by atoms with Crippen LogP contribution in [0.5, 0.6) is 17.2 Å². The van der Waals surface area contributed by atoms with E-state index in [4.69, 9.17) is 18.9 Å². The zero-order chi connectivity index (χ0) is 18.5. The van der Waals surface area contributed by atoms with Gasteiger partial charge in [-0.15, -0.1) is 6.58 Å². The number of allylic oxidation sites excluding steroid dienone is 2. The molecular weight excluding hydrogens is 336 g/mol. The third-order valence-corrected chi connectivity index (χ3v) is 5.90. The molecule has 0 bridgehead atoms. The molecule has 26 heavy (non-hydrogen) atoms. The maximum Gasteiger partial charge on any atom is 0.237 e. The van der Waals surface area contributed by atoms with Crippen molar-refractivity contribution in [1.29, 1.82) is 0 Å². The monoisotopic (exact) mass is 358 g/mol. The topological polar surface area (TPSA) is 74.2 Å². The van der Waals surface area contributed by atoms with Crippen molar-refractivity contribution in [2.45, 2.75) is 31.7 Å². The molecule has 1 aromatic carbocycles. The Morgan fingerprint density at radius 2 is 2.23 bits per heavy atom. The van der Waals surface area contributed by atoms with Gasteiger partial charge in [0.05, 0.1) is 13.2 Å². The quantitative estimate of drug-likeness (QED) is 0.834. The van der Waals surface area contributed by atoms with Crippen LogP contribution in [0.1, 0.15) is 31.4 Å². The first-order valence-electron chi connectivity index (χ1n) is 8.66. The second-order valence-electron chi connectivity index (χ2n) is 7.05. The number of carbonyl (C=O) groups is 1. The lowest BCUT2D eigenvalue weighted by Crippen LogP contribution is -2.54. The summed E-state index contributed by atoms with van der Waals surface area (Å²) in [5.41, 5.74) is 0.0205. The van der Waals surface area contributed by atoms with Gasteiger partial charge in [-0.1, -0.05) is 19.1 Å². The van der Waals surface area contributed by atoms with Gasteiger partial charge in [-0.25, -0.2) is 0 Å². The average Bonchev–Trinajstić information content (AvgIpc) is 3.19. The molecule has 0 saturated carbocycles. The Kier molecular flexibility index (Phi) is 3.86. The lowest BCUT2D eigenvalue weighted by atomic mass is 9.62. The van der Waals surface area contributed by atoms with E-state index in [9.17, 15) is 9.90 Å². The molecule has 1 fully saturated rings. The molecule has 0 unspecified atom stereocenters. The van der Waals surface area contributed by atoms with Gasteiger partial charge in [0.1, 0.15) is 0 Å². The maximum absolute atomic E-state index is 12.5. The molecule has 0 aromatic heterocycles. The number of rotatable bonds is 4. The molecule has 6 nitrogen and oxygen atoms in total. The molecule has 138 valence electrons. The molecular formula is C20H22O6. The Bertz CT molecular complexity index is 800. The maximum atomic E-state index is 12.5. The smallest absolute Gasteiger partial charge is 0.237 e. The summed E-state index contributed by atoms with van der Waals surface area (Å²) in [5, 5.41) is 11.2. The van der Waals surface area contributed by atoms with E-state index in [1.165, 1.54) is 6.08 Å². The van der Waals surface area contributed by atoms with Crippen molar-refractivity contribution in [3.63, 3.8) is 0 Å². The van der Waals surface area contributed by atoms with Gasteiger partial charge >= 0.3 is 0 Å². The van der Waals surface area contributed by atoms with Crippen LogP contribution in [0.4, 0.5) is 0 Å². The number of benzene rings is 1. The standard InChI is InChI=1S/C20H22O6/c1-4-7-19-8-5-6-16(21)20(19,22)26-17(12(19)2)13-9-14(23-3)18-15(10-13)24-11-25-18/h4-6,9-10,12,17,22H,1,7-8,11H2,2-3H3/t12-,17+,19-,20-/m1/s1. The highest BCUT2D eigenvalue weighted by Crippen LogP contribution is 2.61. The van der Waals surface area contributed by atoms with Crippen LogP contribution in [0.3, 0.4) is 0 Å². The summed E-state index contributed by atoms with van der Waals surface area (Å²) in [7, 11) is 1.56. The number of aliphatic hydroxyl groups is 1. The zero-order valence-electron chi connectivity index (χ0n) is 14.9. The molecule has 4 rings (SSSR count). The van der Waals surface area contributed by atoms with Crippen molar-refractivity contribution >= 4 is 5.78 Å². The summed E-state index contributed by atoms with van der Waals surface area (Å²) in [6.07, 6.45) is 5.46. The molecule has 6 heteroatoms. The lowest BCUT2D eigenvalue weighted by molar-refractivity contribution is -0.229. The highest BCUT2D eigenvalue weighted by atomic mass is 16.7. The fourth-order valence-corrected chi connectivity index (χ4v) is 4.45. The van der Waals surface area contributed by atoms with Gasteiger partial charge in [0.25, 0.3) is 0 Å². The van der Waals surface area contributed by atoms with E-state index in [1.807, 2.05) is 25.1 Å². The molecule has 2 heterocycles. The first-order chi connectivity index (χ1) is 12.5. The number of hydrogen-bond acceptors (Lipinski definition) is 6. The van der Waals surface area contributed by atoms with Crippen LogP contribution in [-0.2, 0) is 9.53 Å². The summed E-state index contributed by atoms with van der Waals surface area (Å²) in [4.78, 5) is 12.5. The predicted molar refractivity (Wildman–Crippen MR) is 93.1 cm³/mol. The fraction of sp³-hybridized carbons (Fsp3) is 0.450. The van der Waals surface area contributed by atoms with E-state index < -0.39 is 23.1 Å². The van der Waals surface area contributed by atoms with Gasteiger partial charge < -0.3 is 24.1 Å². The summed E-state index contributed by atoms with van der Waals surface area (Å²) in [6, 6.07) is 3.64. The second kappa shape index (κ2) is 5.86. The molecule has 1 saturated heterocycles. The van der Waals surface area contributed by atoms with Crippen LogP contribution < -0.4 is 14.2 Å². The number of methoxy groups -OCH3 is 1. The Labute approximate surface area is 152 Å². The normalized spacial score (nSPS) is 34.7. The first kappa shape index (κ1) is 17.1. The SMILES string of the molecule is C=CC[C@]12CC=CC(=O)[C@@]1(O)O[C@H](c1cc(OC)c3c(c1)OCO3)[C@H]2C. The first-order valence-corrected chi connectivity index (χ1v) is 8.66. The number of ketones is 1. The Morgan fingerprint density at radius 3 is 2.96 bits per heavy atom. The largest absolute Gasteiger partial charge is 0.493 e. The second-order valence-corrected chi connectivity index (χ2v) is 7.05. The molecule has 1 aliphatic carbocycles. The molecule has 1 aromatic rings. The molecule has 0 radical (unpaired) electrons. The van der Waals surface area contributed by atoms with Crippen LogP contribution in [-0.4, -0.2) is 30.6 Å². The summed E-state index contributed by atoms with van der Waals surface area (Å²) >= 11 is 0. The fourth-order valence-electron chi connectivity index (χ4n) is 4.45. The van der Waals surface area contributed by atoms with Crippen molar-refractivity contribution in [3.05, 3.63) is 42.5 Å². The Morgan fingerprint density at radius 1 is 1.42 bits per heavy atom. The van der Waals surface area contributed by atoms with Crippen LogP contribution in [0.15, 0.2) is 36.9 Å². The Balaban J connectivity index is 1.80. The summed E-state index contributed by atoms with van der Waals surface area (Å²) in [6.45, 7) is 5.94. The van der Waals surface area contributed by atoms with Crippen LogP contribution >= 0.6 is 0 Å². The van der Waals surface area contributed by atoms with E-state index in [-0.39, 0.29) is 12.7 Å². The lowest BCUT2D eigenvalue weighted by Gasteiger charge is -2.42. The number of carbonyl (C=O) groups excluding carboxylic acids is 1. The van der Waals surface area contributed by atoms with Gasteiger partial charge in [0.2, 0.25) is 24.1 Å². The van der Waals surface area contributed by atoms with Gasteiger partial charge in [-0.3, -0.25) is 4.79 Å². The number of fused-ring (bicyclic) bond motifs is 2.